The Hall–Kier alpha value is -0.890. The zero-order chi connectivity index (χ0) is 8.97. The van der Waals surface area contributed by atoms with Gasteiger partial charge in [0.25, 0.3) is 0 Å². The Bertz CT molecular complexity index is 283. The van der Waals surface area contributed by atoms with Crippen molar-refractivity contribution in [2.75, 3.05) is 0 Å². The third kappa shape index (κ3) is 1.83. The number of thiophene rings is 1. The summed E-state index contributed by atoms with van der Waals surface area (Å²) in [5, 5.41) is 3.82. The van der Waals surface area contributed by atoms with Crippen LogP contribution in [0.1, 0.15) is 30.6 Å². The number of Topliss-reactive ketones (excluding diaryl/α,β-unsaturated/α-hetero) is 1. The van der Waals surface area contributed by atoms with E-state index < -0.39 is 0 Å². The van der Waals surface area contributed by atoms with Crippen molar-refractivity contribution in [3.8, 4) is 0 Å². The third-order valence-corrected chi connectivity index (χ3v) is 2.49. The molecule has 0 aliphatic heterocycles. The average molecular weight is 180 g/mol. The van der Waals surface area contributed by atoms with E-state index in [1.807, 2.05) is 36.7 Å². The molecule has 0 saturated carbocycles. The van der Waals surface area contributed by atoms with E-state index >= 15 is 0 Å². The molecule has 0 aliphatic carbocycles. The minimum absolute atomic E-state index is 0.168. The van der Waals surface area contributed by atoms with Crippen molar-refractivity contribution in [1.29, 1.82) is 0 Å². The molecule has 1 heterocycles. The molecule has 12 heavy (non-hydrogen) atoms. The molecule has 2 heteroatoms. The SMILES string of the molecule is C/C=C(/CC)C(=O)c1ccsc1. The van der Waals surface area contributed by atoms with Gasteiger partial charge in [-0.3, -0.25) is 4.79 Å². The zero-order valence-corrected chi connectivity index (χ0v) is 8.15. The Labute approximate surface area is 76.7 Å². The molecular weight excluding hydrogens is 168 g/mol. The highest BCUT2D eigenvalue weighted by molar-refractivity contribution is 7.08. The lowest BCUT2D eigenvalue weighted by molar-refractivity contribution is 0.103. The quantitative estimate of drug-likeness (QED) is 0.515. The molecule has 64 valence electrons. The largest absolute Gasteiger partial charge is 0.289 e. The fourth-order valence-electron chi connectivity index (χ4n) is 1.07. The number of carbonyl (C=O) groups is 1. The molecule has 1 aromatic rings. The van der Waals surface area contributed by atoms with E-state index in [0.717, 1.165) is 17.6 Å². The summed E-state index contributed by atoms with van der Waals surface area (Å²) in [7, 11) is 0. The van der Waals surface area contributed by atoms with Crippen molar-refractivity contribution in [1.82, 2.24) is 0 Å². The van der Waals surface area contributed by atoms with Crippen molar-refractivity contribution >= 4 is 17.1 Å². The van der Waals surface area contributed by atoms with E-state index in [4.69, 9.17) is 0 Å². The Morgan fingerprint density at radius 1 is 1.67 bits per heavy atom. The Kier molecular flexibility index (Phi) is 3.23. The van der Waals surface area contributed by atoms with Gasteiger partial charge in [0.05, 0.1) is 0 Å². The van der Waals surface area contributed by atoms with Gasteiger partial charge in [0, 0.05) is 10.9 Å². The van der Waals surface area contributed by atoms with Crippen molar-refractivity contribution in [3.05, 3.63) is 34.0 Å². The van der Waals surface area contributed by atoms with Crippen molar-refractivity contribution in [2.45, 2.75) is 20.3 Å². The first kappa shape index (κ1) is 9.20. The fourth-order valence-corrected chi connectivity index (χ4v) is 1.71. The van der Waals surface area contributed by atoms with Gasteiger partial charge in [0.2, 0.25) is 0 Å². The molecule has 0 N–H and O–H groups in total. The van der Waals surface area contributed by atoms with E-state index in [1.165, 1.54) is 0 Å². The second kappa shape index (κ2) is 4.21. The minimum Gasteiger partial charge on any atom is -0.289 e. The summed E-state index contributed by atoms with van der Waals surface area (Å²) in [5.41, 5.74) is 1.71. The monoisotopic (exact) mass is 180 g/mol. The maximum Gasteiger partial charge on any atom is 0.189 e. The number of rotatable bonds is 3. The van der Waals surface area contributed by atoms with Crippen LogP contribution in [0.25, 0.3) is 0 Å². The lowest BCUT2D eigenvalue weighted by Gasteiger charge is -1.99. The Balaban J connectivity index is 2.85. The van der Waals surface area contributed by atoms with Crippen LogP contribution in [-0.4, -0.2) is 5.78 Å². The third-order valence-electron chi connectivity index (χ3n) is 1.80. The van der Waals surface area contributed by atoms with Crippen molar-refractivity contribution < 1.29 is 4.79 Å². The van der Waals surface area contributed by atoms with Gasteiger partial charge in [-0.1, -0.05) is 13.0 Å². The second-order valence-corrected chi connectivity index (χ2v) is 3.29. The van der Waals surface area contributed by atoms with Gasteiger partial charge in [-0.15, -0.1) is 0 Å². The Morgan fingerprint density at radius 3 is 2.83 bits per heavy atom. The maximum atomic E-state index is 11.6. The molecule has 0 aromatic carbocycles. The molecule has 0 saturated heterocycles. The van der Waals surface area contributed by atoms with Gasteiger partial charge in [0.15, 0.2) is 5.78 Å². The molecule has 1 aromatic heterocycles. The van der Waals surface area contributed by atoms with Crippen LogP contribution in [0.4, 0.5) is 0 Å². The maximum absolute atomic E-state index is 11.6. The smallest absolute Gasteiger partial charge is 0.189 e. The van der Waals surface area contributed by atoms with E-state index in [9.17, 15) is 4.79 Å². The molecule has 0 unspecified atom stereocenters. The molecule has 0 radical (unpaired) electrons. The summed E-state index contributed by atoms with van der Waals surface area (Å²) < 4.78 is 0. The van der Waals surface area contributed by atoms with Gasteiger partial charge < -0.3 is 0 Å². The molecule has 0 bridgehead atoms. The molecule has 0 aliphatic rings. The van der Waals surface area contributed by atoms with E-state index in [-0.39, 0.29) is 5.78 Å². The van der Waals surface area contributed by atoms with Crippen LogP contribution >= 0.6 is 11.3 Å². The van der Waals surface area contributed by atoms with Gasteiger partial charge in [-0.2, -0.15) is 11.3 Å². The van der Waals surface area contributed by atoms with Crippen LogP contribution < -0.4 is 0 Å². The van der Waals surface area contributed by atoms with Gasteiger partial charge in [-0.25, -0.2) is 0 Å². The zero-order valence-electron chi connectivity index (χ0n) is 7.33. The average Bonchev–Trinajstić information content (AvgIpc) is 2.58. The molecule has 0 atom stereocenters. The topological polar surface area (TPSA) is 17.1 Å². The summed E-state index contributed by atoms with van der Waals surface area (Å²) in [6.45, 7) is 3.91. The molecule has 1 nitrogen and oxygen atoms in total. The van der Waals surface area contributed by atoms with Crippen molar-refractivity contribution in [3.63, 3.8) is 0 Å². The van der Waals surface area contributed by atoms with Crippen LogP contribution in [0.5, 0.6) is 0 Å². The molecular formula is C10H12OS. The number of carbonyl (C=O) groups excluding carboxylic acids is 1. The van der Waals surface area contributed by atoms with Crippen LogP contribution in [0, 0.1) is 0 Å². The van der Waals surface area contributed by atoms with E-state index in [2.05, 4.69) is 0 Å². The molecule has 0 spiro atoms. The van der Waals surface area contributed by atoms with E-state index in [1.54, 1.807) is 11.3 Å². The number of hydrogen-bond donors (Lipinski definition) is 0. The van der Waals surface area contributed by atoms with Crippen LogP contribution in [0.3, 0.4) is 0 Å². The molecule has 0 amide bonds. The van der Waals surface area contributed by atoms with Crippen LogP contribution in [-0.2, 0) is 0 Å². The highest BCUT2D eigenvalue weighted by Crippen LogP contribution is 2.13. The van der Waals surface area contributed by atoms with Crippen molar-refractivity contribution in [2.24, 2.45) is 0 Å². The first-order chi connectivity index (χ1) is 5.79. The minimum atomic E-state index is 0.168. The molecule has 0 fully saturated rings. The number of allylic oxidation sites excluding steroid dienone is 2. The number of hydrogen-bond acceptors (Lipinski definition) is 2. The Morgan fingerprint density at radius 2 is 2.42 bits per heavy atom. The summed E-state index contributed by atoms with van der Waals surface area (Å²) in [6, 6.07) is 1.87. The summed E-state index contributed by atoms with van der Waals surface area (Å²) in [4.78, 5) is 11.6. The highest BCUT2D eigenvalue weighted by Gasteiger charge is 2.08. The van der Waals surface area contributed by atoms with E-state index in [0.29, 0.717) is 0 Å². The lowest BCUT2D eigenvalue weighted by atomic mass is 10.0. The number of ketones is 1. The lowest BCUT2D eigenvalue weighted by Crippen LogP contribution is -2.00. The fraction of sp³-hybridized carbons (Fsp3) is 0.300. The predicted octanol–water partition coefficient (Wildman–Crippen LogP) is 3.29. The summed E-state index contributed by atoms with van der Waals surface area (Å²) in [5.74, 6) is 0.168. The summed E-state index contributed by atoms with van der Waals surface area (Å²) in [6.07, 6.45) is 2.70. The standard InChI is InChI=1S/C10H12OS/c1-3-8(4-2)10(11)9-5-6-12-7-9/h3,5-7H,4H2,1-2H3/b8-3-. The highest BCUT2D eigenvalue weighted by atomic mass is 32.1. The summed E-state index contributed by atoms with van der Waals surface area (Å²) >= 11 is 1.56. The van der Waals surface area contributed by atoms with Crippen LogP contribution in [0.2, 0.25) is 0 Å². The van der Waals surface area contributed by atoms with Gasteiger partial charge in [0.1, 0.15) is 0 Å². The van der Waals surface area contributed by atoms with Gasteiger partial charge in [-0.05, 0) is 30.4 Å². The van der Waals surface area contributed by atoms with Gasteiger partial charge >= 0.3 is 0 Å². The second-order valence-electron chi connectivity index (χ2n) is 2.51. The van der Waals surface area contributed by atoms with Crippen LogP contribution in [0.15, 0.2) is 28.5 Å². The normalized spacial score (nSPS) is 11.7. The predicted molar refractivity (Wildman–Crippen MR) is 52.7 cm³/mol. The first-order valence-corrected chi connectivity index (χ1v) is 4.96. The first-order valence-electron chi connectivity index (χ1n) is 4.01. The molecule has 1 rings (SSSR count).